The summed E-state index contributed by atoms with van der Waals surface area (Å²) in [5, 5.41) is 8.48. The van der Waals surface area contributed by atoms with Gasteiger partial charge in [0.15, 0.2) is 0 Å². The molecule has 0 fully saturated rings. The van der Waals surface area contributed by atoms with Gasteiger partial charge in [0.1, 0.15) is 0 Å². The fourth-order valence-electron chi connectivity index (χ4n) is 2.99. The monoisotopic (exact) mass is 386 g/mol. The summed E-state index contributed by atoms with van der Waals surface area (Å²) in [7, 11) is 0. The first-order valence-electron chi connectivity index (χ1n) is 9.04. The van der Waals surface area contributed by atoms with E-state index in [1.165, 1.54) is 11.9 Å². The first-order valence-corrected chi connectivity index (χ1v) is 9.04. The molecular weight excluding hydrogens is 368 g/mol. The predicted molar refractivity (Wildman–Crippen MR) is 108 cm³/mol. The van der Waals surface area contributed by atoms with Crippen molar-refractivity contribution in [3.63, 3.8) is 0 Å². The van der Waals surface area contributed by atoms with Crippen molar-refractivity contribution < 1.29 is 14.3 Å². The maximum atomic E-state index is 12.6. The number of hydrazone groups is 1. The number of para-hydroxylation sites is 1. The molecular formula is C22H18N4O3. The van der Waals surface area contributed by atoms with Gasteiger partial charge < -0.3 is 10.1 Å². The van der Waals surface area contributed by atoms with E-state index in [9.17, 15) is 9.59 Å². The van der Waals surface area contributed by atoms with E-state index in [2.05, 4.69) is 15.4 Å². The number of nitrogens with zero attached hydrogens (tertiary/aromatic N) is 3. The molecule has 1 aliphatic heterocycles. The fourth-order valence-corrected chi connectivity index (χ4v) is 2.99. The van der Waals surface area contributed by atoms with Gasteiger partial charge in [0, 0.05) is 36.1 Å². The Bertz CT molecular complexity index is 1070. The highest BCUT2D eigenvalue weighted by molar-refractivity contribution is 6.04. The number of carbonyl (C=O) groups is 2. The van der Waals surface area contributed by atoms with Gasteiger partial charge in [-0.05, 0) is 30.3 Å². The van der Waals surface area contributed by atoms with E-state index >= 15 is 0 Å². The molecule has 0 aliphatic carbocycles. The highest BCUT2D eigenvalue weighted by Crippen LogP contribution is 2.34. The number of ether oxygens (including phenoxy) is 1. The fraction of sp³-hybridized carbons (Fsp3) is 0.0909. The summed E-state index contributed by atoms with van der Waals surface area (Å²) < 4.78 is 6.00. The highest BCUT2D eigenvalue weighted by atomic mass is 16.5. The van der Waals surface area contributed by atoms with Crippen LogP contribution in [-0.4, -0.2) is 27.7 Å². The number of anilines is 1. The Hall–Kier alpha value is -4.00. The van der Waals surface area contributed by atoms with Crippen LogP contribution in [0.5, 0.6) is 0 Å². The zero-order chi connectivity index (χ0) is 20.2. The lowest BCUT2D eigenvalue weighted by molar-refractivity contribution is -0.135. The lowest BCUT2D eigenvalue weighted by Crippen LogP contribution is -2.26. The maximum Gasteiger partial charge on any atom is 0.255 e. The lowest BCUT2D eigenvalue weighted by atomic mass is 10.1. The van der Waals surface area contributed by atoms with Gasteiger partial charge in [0.2, 0.25) is 18.0 Å². The van der Waals surface area contributed by atoms with Gasteiger partial charge in [0.25, 0.3) is 5.91 Å². The quantitative estimate of drug-likeness (QED) is 0.743. The van der Waals surface area contributed by atoms with Gasteiger partial charge in [-0.3, -0.25) is 14.6 Å². The minimum Gasteiger partial charge on any atom is -0.446 e. The van der Waals surface area contributed by atoms with Crippen LogP contribution in [-0.2, 0) is 9.53 Å². The van der Waals surface area contributed by atoms with E-state index in [0.29, 0.717) is 28.3 Å². The van der Waals surface area contributed by atoms with Gasteiger partial charge in [-0.15, -0.1) is 5.10 Å². The summed E-state index contributed by atoms with van der Waals surface area (Å²) in [6.45, 7) is 1.41. The van der Waals surface area contributed by atoms with Crippen LogP contribution in [0, 0.1) is 0 Å². The normalized spacial score (nSPS) is 15.4. The number of benzene rings is 2. The molecule has 7 heteroatoms. The molecule has 0 spiro atoms. The van der Waals surface area contributed by atoms with Crippen LogP contribution in [0.3, 0.4) is 0 Å². The van der Waals surface area contributed by atoms with Crippen molar-refractivity contribution in [2.45, 2.75) is 13.2 Å². The van der Waals surface area contributed by atoms with E-state index in [1.807, 2.05) is 12.1 Å². The number of aromatic nitrogens is 1. The zero-order valence-electron chi connectivity index (χ0n) is 15.6. The third-order valence-corrected chi connectivity index (χ3v) is 4.39. The molecule has 0 bridgehead atoms. The molecule has 2 heterocycles. The molecule has 4 rings (SSSR count). The van der Waals surface area contributed by atoms with Crippen molar-refractivity contribution in [1.29, 1.82) is 0 Å². The summed E-state index contributed by atoms with van der Waals surface area (Å²) in [6.07, 6.45) is 2.46. The minimum atomic E-state index is -0.796. The Kier molecular flexibility index (Phi) is 5.03. The highest BCUT2D eigenvalue weighted by Gasteiger charge is 2.34. The predicted octanol–water partition coefficient (Wildman–Crippen LogP) is 3.57. The molecule has 7 nitrogen and oxygen atoms in total. The maximum absolute atomic E-state index is 12.6. The number of hydrogen-bond donors (Lipinski definition) is 1. The zero-order valence-corrected chi connectivity index (χ0v) is 15.6. The number of hydrogen-bond acceptors (Lipinski definition) is 5. The molecule has 0 unspecified atom stereocenters. The van der Waals surface area contributed by atoms with E-state index in [4.69, 9.17) is 4.74 Å². The van der Waals surface area contributed by atoms with Gasteiger partial charge in [-0.1, -0.05) is 36.4 Å². The summed E-state index contributed by atoms with van der Waals surface area (Å²) >= 11 is 0. The van der Waals surface area contributed by atoms with Crippen molar-refractivity contribution in [3.8, 4) is 0 Å². The van der Waals surface area contributed by atoms with Crippen molar-refractivity contribution in [2.75, 3.05) is 5.32 Å². The molecule has 1 aromatic heterocycles. The van der Waals surface area contributed by atoms with Crippen LogP contribution in [0.15, 0.2) is 84.2 Å². The lowest BCUT2D eigenvalue weighted by Gasteiger charge is -2.22. The second-order valence-electron chi connectivity index (χ2n) is 6.39. The smallest absolute Gasteiger partial charge is 0.255 e. The molecule has 1 atom stereocenters. The largest absolute Gasteiger partial charge is 0.446 e. The summed E-state index contributed by atoms with van der Waals surface area (Å²) in [4.78, 5) is 28.9. The Balaban J connectivity index is 1.64. The third kappa shape index (κ3) is 3.84. The minimum absolute atomic E-state index is 0.251. The topological polar surface area (TPSA) is 83.9 Å². The summed E-state index contributed by atoms with van der Waals surface area (Å²) in [5.41, 5.74) is 2.35. The Labute approximate surface area is 167 Å². The first-order chi connectivity index (χ1) is 14.1. The second-order valence-corrected chi connectivity index (χ2v) is 6.39. The number of nitrogens with one attached hydrogen (secondary N) is 1. The van der Waals surface area contributed by atoms with Crippen molar-refractivity contribution in [1.82, 2.24) is 9.99 Å². The van der Waals surface area contributed by atoms with E-state index in [-0.39, 0.29) is 11.8 Å². The molecule has 1 N–H and O–H groups in total. The van der Waals surface area contributed by atoms with E-state index in [0.717, 1.165) is 0 Å². The van der Waals surface area contributed by atoms with Gasteiger partial charge >= 0.3 is 0 Å². The van der Waals surface area contributed by atoms with Gasteiger partial charge in [0.05, 0.1) is 5.56 Å². The Morgan fingerprint density at radius 2 is 1.76 bits per heavy atom. The van der Waals surface area contributed by atoms with Crippen molar-refractivity contribution in [2.24, 2.45) is 5.10 Å². The molecule has 144 valence electrons. The van der Waals surface area contributed by atoms with E-state index < -0.39 is 6.23 Å². The average Bonchev–Trinajstić information content (AvgIpc) is 3.21. The molecule has 1 aliphatic rings. The third-order valence-electron chi connectivity index (χ3n) is 4.39. The van der Waals surface area contributed by atoms with Crippen LogP contribution in [0.1, 0.15) is 34.6 Å². The van der Waals surface area contributed by atoms with Crippen LogP contribution in [0.4, 0.5) is 5.69 Å². The standard InChI is InChI=1S/C22H18N4O3/c1-15(27)26-22(29-21(25-26)17-10-7-13-23-14-17)18-11-5-6-12-19(18)24-20(28)16-8-3-2-4-9-16/h2-14,22H,1H3,(H,24,28)/t22-/m1/s1. The molecule has 0 saturated heterocycles. The first kappa shape index (κ1) is 18.4. The van der Waals surface area contributed by atoms with Crippen LogP contribution < -0.4 is 5.32 Å². The van der Waals surface area contributed by atoms with Crippen LogP contribution >= 0.6 is 0 Å². The van der Waals surface area contributed by atoms with Gasteiger partial charge in [-0.2, -0.15) is 5.01 Å². The van der Waals surface area contributed by atoms with E-state index in [1.54, 1.807) is 67.0 Å². The molecule has 29 heavy (non-hydrogen) atoms. The average molecular weight is 386 g/mol. The van der Waals surface area contributed by atoms with Crippen LogP contribution in [0.25, 0.3) is 0 Å². The number of carbonyl (C=O) groups excluding carboxylic acids is 2. The summed E-state index contributed by atoms with van der Waals surface area (Å²) in [6, 6.07) is 19.7. The Morgan fingerprint density at radius 1 is 1.00 bits per heavy atom. The second kappa shape index (κ2) is 7.93. The van der Waals surface area contributed by atoms with Crippen molar-refractivity contribution in [3.05, 3.63) is 95.8 Å². The van der Waals surface area contributed by atoms with Crippen molar-refractivity contribution >= 4 is 23.4 Å². The van der Waals surface area contributed by atoms with Gasteiger partial charge in [-0.25, -0.2) is 0 Å². The molecule has 2 aromatic carbocycles. The summed E-state index contributed by atoms with van der Waals surface area (Å²) in [5.74, 6) is -0.237. The molecule has 2 amide bonds. The van der Waals surface area contributed by atoms with Crippen LogP contribution in [0.2, 0.25) is 0 Å². The Morgan fingerprint density at radius 3 is 2.48 bits per heavy atom. The SMILES string of the molecule is CC(=O)N1N=C(c2cccnc2)O[C@@H]1c1ccccc1NC(=O)c1ccccc1. The number of rotatable bonds is 4. The molecule has 0 saturated carbocycles. The molecule has 0 radical (unpaired) electrons. The number of pyridine rings is 1. The molecule has 3 aromatic rings. The number of amides is 2.